The average molecular weight is 411 g/mol. The van der Waals surface area contributed by atoms with E-state index in [0.29, 0.717) is 27.2 Å². The second kappa shape index (κ2) is 7.54. The van der Waals surface area contributed by atoms with Crippen LogP contribution in [0.25, 0.3) is 16.9 Å². The van der Waals surface area contributed by atoms with Gasteiger partial charge in [0.25, 0.3) is 0 Å². The molecule has 2 N–H and O–H groups in total. The van der Waals surface area contributed by atoms with Gasteiger partial charge in [-0.1, -0.05) is 41.4 Å². The number of halogens is 2. The van der Waals surface area contributed by atoms with Gasteiger partial charge in [0.15, 0.2) is 0 Å². The van der Waals surface area contributed by atoms with Crippen molar-refractivity contribution in [2.24, 2.45) is 0 Å². The Kier molecular flexibility index (Phi) is 4.94. The minimum absolute atomic E-state index is 0.381. The van der Waals surface area contributed by atoms with E-state index in [0.717, 1.165) is 16.8 Å². The maximum atomic E-state index is 12.6. The lowest BCUT2D eigenvalue weighted by Crippen LogP contribution is -2.20. The second-order valence-corrected chi connectivity index (χ2v) is 7.21. The van der Waals surface area contributed by atoms with Crippen molar-refractivity contribution in [2.75, 3.05) is 10.6 Å². The lowest BCUT2D eigenvalue weighted by molar-refractivity contribution is 0.262. The van der Waals surface area contributed by atoms with Crippen LogP contribution in [-0.4, -0.2) is 15.4 Å². The molecule has 4 aromatic rings. The van der Waals surface area contributed by atoms with E-state index >= 15 is 0 Å². The molecule has 0 saturated heterocycles. The standard InChI is InChI=1S/C21H16Cl2N4O/c1-13-5-10-18-25-19(14-3-2-4-16(23)11-14)20(27(18)12-13)26-21(28)24-17-8-6-15(22)7-9-17/h2-12H,1H3,(H2,24,26,28). The molecule has 0 bridgehead atoms. The first kappa shape index (κ1) is 18.3. The van der Waals surface area contributed by atoms with E-state index < -0.39 is 0 Å². The Hall–Kier alpha value is -3.02. The van der Waals surface area contributed by atoms with E-state index in [1.165, 1.54) is 0 Å². The summed E-state index contributed by atoms with van der Waals surface area (Å²) in [6.45, 7) is 1.98. The van der Waals surface area contributed by atoms with E-state index in [1.807, 2.05) is 47.9 Å². The third-order valence-corrected chi connectivity index (χ3v) is 4.69. The summed E-state index contributed by atoms with van der Waals surface area (Å²) in [4.78, 5) is 17.3. The van der Waals surface area contributed by atoms with Gasteiger partial charge in [0.2, 0.25) is 0 Å². The highest BCUT2D eigenvalue weighted by molar-refractivity contribution is 6.31. The zero-order valence-corrected chi connectivity index (χ0v) is 16.4. The highest BCUT2D eigenvalue weighted by Crippen LogP contribution is 2.30. The number of hydrogen-bond acceptors (Lipinski definition) is 2. The number of aromatic nitrogens is 2. The molecule has 0 fully saturated rings. The summed E-state index contributed by atoms with van der Waals surface area (Å²) in [5.41, 5.74) is 3.86. The molecule has 0 saturated carbocycles. The fourth-order valence-corrected chi connectivity index (χ4v) is 3.23. The van der Waals surface area contributed by atoms with Gasteiger partial charge in [0.1, 0.15) is 17.2 Å². The van der Waals surface area contributed by atoms with Gasteiger partial charge < -0.3 is 5.32 Å². The number of nitrogens with zero attached hydrogens (tertiary/aromatic N) is 2. The minimum atomic E-state index is -0.381. The van der Waals surface area contributed by atoms with Gasteiger partial charge in [-0.15, -0.1) is 0 Å². The number of rotatable bonds is 3. The maximum absolute atomic E-state index is 12.6. The number of aryl methyl sites for hydroxylation is 1. The van der Waals surface area contributed by atoms with Crippen molar-refractivity contribution >= 4 is 46.4 Å². The van der Waals surface area contributed by atoms with E-state index in [2.05, 4.69) is 15.6 Å². The van der Waals surface area contributed by atoms with Gasteiger partial charge in [0, 0.05) is 27.5 Å². The first-order valence-corrected chi connectivity index (χ1v) is 9.33. The molecule has 0 atom stereocenters. The average Bonchev–Trinajstić information content (AvgIpc) is 3.01. The Labute approximate surface area is 171 Å². The number of imidazole rings is 1. The smallest absolute Gasteiger partial charge is 0.308 e. The maximum Gasteiger partial charge on any atom is 0.324 e. The Balaban J connectivity index is 1.73. The van der Waals surface area contributed by atoms with Crippen LogP contribution in [0.15, 0.2) is 66.9 Å². The Bertz CT molecular complexity index is 1170. The number of carbonyl (C=O) groups excluding carboxylic acids is 1. The summed E-state index contributed by atoms with van der Waals surface area (Å²) in [5, 5.41) is 6.92. The highest BCUT2D eigenvalue weighted by Gasteiger charge is 2.17. The monoisotopic (exact) mass is 410 g/mol. The Morgan fingerprint density at radius 1 is 0.964 bits per heavy atom. The van der Waals surface area contributed by atoms with Crippen molar-refractivity contribution < 1.29 is 4.79 Å². The SMILES string of the molecule is Cc1ccc2nc(-c3cccc(Cl)c3)c(NC(=O)Nc3ccc(Cl)cc3)n2c1. The molecule has 2 aromatic carbocycles. The first-order chi connectivity index (χ1) is 13.5. The molecule has 5 nitrogen and oxygen atoms in total. The summed E-state index contributed by atoms with van der Waals surface area (Å²) in [6.07, 6.45) is 1.92. The van der Waals surface area contributed by atoms with Crippen LogP contribution in [0.1, 0.15) is 5.56 Å². The highest BCUT2D eigenvalue weighted by atomic mass is 35.5. The Morgan fingerprint density at radius 3 is 2.50 bits per heavy atom. The summed E-state index contributed by atoms with van der Waals surface area (Å²) >= 11 is 12.0. The molecule has 0 unspecified atom stereocenters. The van der Waals surface area contributed by atoms with Crippen LogP contribution in [0.2, 0.25) is 10.0 Å². The minimum Gasteiger partial charge on any atom is -0.308 e. The van der Waals surface area contributed by atoms with Crippen molar-refractivity contribution in [1.82, 2.24) is 9.38 Å². The molecule has 0 aliphatic rings. The van der Waals surface area contributed by atoms with Gasteiger partial charge in [-0.25, -0.2) is 9.78 Å². The van der Waals surface area contributed by atoms with Gasteiger partial charge in [-0.3, -0.25) is 9.72 Å². The van der Waals surface area contributed by atoms with Crippen molar-refractivity contribution in [2.45, 2.75) is 6.92 Å². The fourth-order valence-electron chi connectivity index (χ4n) is 2.91. The van der Waals surface area contributed by atoms with E-state index in [1.54, 1.807) is 30.3 Å². The first-order valence-electron chi connectivity index (χ1n) is 8.58. The molecule has 28 heavy (non-hydrogen) atoms. The van der Waals surface area contributed by atoms with Crippen molar-refractivity contribution in [3.63, 3.8) is 0 Å². The lowest BCUT2D eigenvalue weighted by Gasteiger charge is -2.10. The van der Waals surface area contributed by atoms with Crippen LogP contribution in [0.5, 0.6) is 0 Å². The van der Waals surface area contributed by atoms with Gasteiger partial charge in [-0.2, -0.15) is 0 Å². The number of amides is 2. The second-order valence-electron chi connectivity index (χ2n) is 6.34. The largest absolute Gasteiger partial charge is 0.324 e. The zero-order chi connectivity index (χ0) is 19.7. The lowest BCUT2D eigenvalue weighted by atomic mass is 10.1. The van der Waals surface area contributed by atoms with Crippen molar-refractivity contribution in [3.05, 3.63) is 82.5 Å². The van der Waals surface area contributed by atoms with Crippen LogP contribution >= 0.6 is 23.2 Å². The molecule has 2 aromatic heterocycles. The molecule has 2 heterocycles. The van der Waals surface area contributed by atoms with Crippen LogP contribution in [0, 0.1) is 6.92 Å². The number of nitrogens with one attached hydrogen (secondary N) is 2. The normalized spacial score (nSPS) is 10.8. The predicted octanol–water partition coefficient (Wildman–Crippen LogP) is 6.26. The third-order valence-electron chi connectivity index (χ3n) is 4.20. The van der Waals surface area contributed by atoms with Crippen LogP contribution in [0.4, 0.5) is 16.3 Å². The number of hydrogen-bond donors (Lipinski definition) is 2. The van der Waals surface area contributed by atoms with Crippen LogP contribution in [-0.2, 0) is 0 Å². The molecule has 0 radical (unpaired) electrons. The third kappa shape index (κ3) is 3.81. The quantitative estimate of drug-likeness (QED) is 0.418. The van der Waals surface area contributed by atoms with E-state index in [4.69, 9.17) is 23.2 Å². The zero-order valence-electron chi connectivity index (χ0n) is 14.9. The number of carbonyl (C=O) groups is 1. The van der Waals surface area contributed by atoms with E-state index in [-0.39, 0.29) is 6.03 Å². The molecule has 0 aliphatic carbocycles. The molecule has 0 aliphatic heterocycles. The number of benzene rings is 2. The molecule has 140 valence electrons. The van der Waals surface area contributed by atoms with Crippen LogP contribution in [0.3, 0.4) is 0 Å². The van der Waals surface area contributed by atoms with Crippen molar-refractivity contribution in [3.8, 4) is 11.3 Å². The summed E-state index contributed by atoms with van der Waals surface area (Å²) in [6, 6.07) is 17.8. The molecule has 4 rings (SSSR count). The van der Waals surface area contributed by atoms with Crippen molar-refractivity contribution in [1.29, 1.82) is 0 Å². The number of fused-ring (bicyclic) bond motifs is 1. The molecule has 7 heteroatoms. The Morgan fingerprint density at radius 2 is 1.75 bits per heavy atom. The topological polar surface area (TPSA) is 58.4 Å². The van der Waals surface area contributed by atoms with Gasteiger partial charge in [0.05, 0.1) is 0 Å². The molecule has 0 spiro atoms. The number of pyridine rings is 1. The molecular formula is C21H16Cl2N4O. The van der Waals surface area contributed by atoms with E-state index in [9.17, 15) is 4.79 Å². The molecular weight excluding hydrogens is 395 g/mol. The summed E-state index contributed by atoms with van der Waals surface area (Å²) in [5.74, 6) is 0.562. The predicted molar refractivity (Wildman–Crippen MR) is 114 cm³/mol. The fraction of sp³-hybridized carbons (Fsp3) is 0.0476. The summed E-state index contributed by atoms with van der Waals surface area (Å²) in [7, 11) is 0. The number of anilines is 2. The van der Waals surface area contributed by atoms with Crippen LogP contribution < -0.4 is 10.6 Å². The number of urea groups is 1. The molecule has 2 amide bonds. The summed E-state index contributed by atoms with van der Waals surface area (Å²) < 4.78 is 1.85. The van der Waals surface area contributed by atoms with Gasteiger partial charge >= 0.3 is 6.03 Å². The van der Waals surface area contributed by atoms with Gasteiger partial charge in [-0.05, 0) is 55.0 Å².